The molecule has 0 fully saturated rings. The molecule has 0 amide bonds. The van der Waals surface area contributed by atoms with Crippen molar-refractivity contribution in [3.05, 3.63) is 71.2 Å². The van der Waals surface area contributed by atoms with Gasteiger partial charge in [0.2, 0.25) is 0 Å². The van der Waals surface area contributed by atoms with E-state index in [1.54, 1.807) is 10.6 Å². The SMILES string of the molecule is Cc1cc(F)c(Cc2nc(-c3ncc(F)c([O-])n3)cn3ccnc23)cc1F.[Na+]. The molecule has 0 aliphatic rings. The first-order valence-corrected chi connectivity index (χ1v) is 7.89. The van der Waals surface area contributed by atoms with Gasteiger partial charge in [0, 0.05) is 30.9 Å². The van der Waals surface area contributed by atoms with Gasteiger partial charge in [0.15, 0.2) is 17.3 Å². The molecule has 0 spiro atoms. The van der Waals surface area contributed by atoms with Gasteiger partial charge in [-0.3, -0.25) is 0 Å². The molecule has 0 saturated carbocycles. The predicted octanol–water partition coefficient (Wildman–Crippen LogP) is -0.420. The third-order valence-electron chi connectivity index (χ3n) is 4.07. The van der Waals surface area contributed by atoms with Crippen molar-refractivity contribution >= 4 is 5.65 Å². The van der Waals surface area contributed by atoms with Crippen LogP contribution in [-0.2, 0) is 6.42 Å². The number of aryl methyl sites for hydroxylation is 1. The van der Waals surface area contributed by atoms with Crippen LogP contribution in [0.25, 0.3) is 17.2 Å². The largest absolute Gasteiger partial charge is 1.00 e. The Kier molecular flexibility index (Phi) is 5.69. The second kappa shape index (κ2) is 7.86. The quantitative estimate of drug-likeness (QED) is 0.442. The van der Waals surface area contributed by atoms with E-state index in [0.29, 0.717) is 11.3 Å². The fourth-order valence-electron chi connectivity index (χ4n) is 2.70. The summed E-state index contributed by atoms with van der Waals surface area (Å²) < 4.78 is 42.8. The Morgan fingerprint density at radius 1 is 1.04 bits per heavy atom. The van der Waals surface area contributed by atoms with Crippen molar-refractivity contribution in [3.63, 3.8) is 0 Å². The van der Waals surface area contributed by atoms with Gasteiger partial charge in [-0.1, -0.05) is 0 Å². The number of hydrogen-bond donors (Lipinski definition) is 0. The molecule has 0 aliphatic carbocycles. The van der Waals surface area contributed by atoms with Crippen LogP contribution >= 0.6 is 0 Å². The van der Waals surface area contributed by atoms with Crippen molar-refractivity contribution in [1.82, 2.24) is 24.3 Å². The minimum atomic E-state index is -1.07. The Bertz CT molecular complexity index is 1180. The van der Waals surface area contributed by atoms with Crippen LogP contribution in [0.3, 0.4) is 0 Å². The van der Waals surface area contributed by atoms with Gasteiger partial charge in [0.25, 0.3) is 0 Å². The molecule has 28 heavy (non-hydrogen) atoms. The first kappa shape index (κ1) is 20.2. The topological polar surface area (TPSA) is 79.0 Å². The zero-order valence-electron chi connectivity index (χ0n) is 14.9. The van der Waals surface area contributed by atoms with Crippen molar-refractivity contribution in [3.8, 4) is 17.4 Å². The third kappa shape index (κ3) is 3.73. The Hall–Kier alpha value is -2.49. The second-order valence-corrected chi connectivity index (χ2v) is 5.95. The van der Waals surface area contributed by atoms with E-state index < -0.39 is 23.3 Å². The normalized spacial score (nSPS) is 10.9. The van der Waals surface area contributed by atoms with Crippen molar-refractivity contribution in [2.24, 2.45) is 0 Å². The molecule has 0 unspecified atom stereocenters. The third-order valence-corrected chi connectivity index (χ3v) is 4.07. The van der Waals surface area contributed by atoms with Gasteiger partial charge in [0.05, 0.1) is 11.9 Å². The summed E-state index contributed by atoms with van der Waals surface area (Å²) in [6, 6.07) is 2.23. The Morgan fingerprint density at radius 3 is 2.57 bits per heavy atom. The number of fused-ring (bicyclic) bond motifs is 1. The fraction of sp³-hybridized carbons (Fsp3) is 0.111. The number of imidazole rings is 1. The summed E-state index contributed by atoms with van der Waals surface area (Å²) in [5.74, 6) is -3.29. The van der Waals surface area contributed by atoms with Crippen LogP contribution in [-0.4, -0.2) is 24.3 Å². The monoisotopic (exact) mass is 393 g/mol. The van der Waals surface area contributed by atoms with Crippen LogP contribution in [0.15, 0.2) is 36.9 Å². The maximum absolute atomic E-state index is 14.2. The van der Waals surface area contributed by atoms with Gasteiger partial charge < -0.3 is 9.51 Å². The molecule has 0 atom stereocenters. The Balaban J connectivity index is 0.00000225. The van der Waals surface area contributed by atoms with Crippen molar-refractivity contribution in [2.75, 3.05) is 0 Å². The van der Waals surface area contributed by atoms with Crippen LogP contribution in [0.2, 0.25) is 0 Å². The number of aromatic nitrogens is 5. The van der Waals surface area contributed by atoms with E-state index in [-0.39, 0.29) is 58.6 Å². The number of hydrogen-bond acceptors (Lipinski definition) is 5. The van der Waals surface area contributed by atoms with E-state index in [1.165, 1.54) is 19.3 Å². The van der Waals surface area contributed by atoms with Gasteiger partial charge in [-0.05, 0) is 30.2 Å². The van der Waals surface area contributed by atoms with Gasteiger partial charge in [-0.25, -0.2) is 33.1 Å². The van der Waals surface area contributed by atoms with Gasteiger partial charge >= 0.3 is 29.6 Å². The maximum atomic E-state index is 14.2. The summed E-state index contributed by atoms with van der Waals surface area (Å²) in [6.07, 6.45) is 5.38. The van der Waals surface area contributed by atoms with Crippen molar-refractivity contribution < 1.29 is 47.8 Å². The fourth-order valence-corrected chi connectivity index (χ4v) is 2.70. The van der Waals surface area contributed by atoms with E-state index >= 15 is 0 Å². The zero-order chi connectivity index (χ0) is 19.1. The molecule has 3 aromatic heterocycles. The molecule has 10 heteroatoms. The summed E-state index contributed by atoms with van der Waals surface area (Å²) in [6.45, 7) is 1.47. The number of nitrogens with zero attached hydrogens (tertiary/aromatic N) is 5. The van der Waals surface area contributed by atoms with E-state index in [1.807, 2.05) is 0 Å². The summed E-state index contributed by atoms with van der Waals surface area (Å²) >= 11 is 0. The molecule has 4 aromatic rings. The van der Waals surface area contributed by atoms with Gasteiger partial charge in [0.1, 0.15) is 17.3 Å². The van der Waals surface area contributed by atoms with Gasteiger partial charge in [-0.15, -0.1) is 0 Å². The first-order chi connectivity index (χ1) is 12.9. The van der Waals surface area contributed by atoms with E-state index in [4.69, 9.17) is 0 Å². The molecule has 4 rings (SSSR count). The standard InChI is InChI=1S/C18H12F3N5O.Na/c1-9-4-12(20)10(5-11(9)19)6-14-17-22-2-3-26(17)8-15(24-14)16-23-7-13(21)18(27)25-16;/h2-5,7-8H,6H2,1H3,(H,23,25,27);/q;+1/p-1. The Morgan fingerprint density at radius 2 is 1.82 bits per heavy atom. The Labute approximate surface area is 179 Å². The molecule has 0 saturated heterocycles. The zero-order valence-corrected chi connectivity index (χ0v) is 16.9. The molecular formula is C18H11F3N5NaO. The smallest absolute Gasteiger partial charge is 0.856 e. The van der Waals surface area contributed by atoms with Gasteiger partial charge in [-0.2, -0.15) is 0 Å². The van der Waals surface area contributed by atoms with Crippen LogP contribution in [0, 0.1) is 24.4 Å². The van der Waals surface area contributed by atoms with Crippen LogP contribution in [0.4, 0.5) is 13.2 Å². The van der Waals surface area contributed by atoms with E-state index in [0.717, 1.165) is 18.3 Å². The summed E-state index contributed by atoms with van der Waals surface area (Å²) in [5, 5.41) is 11.5. The molecule has 0 radical (unpaired) electrons. The minimum Gasteiger partial charge on any atom is -0.856 e. The predicted molar refractivity (Wildman–Crippen MR) is 87.3 cm³/mol. The molecule has 0 aliphatic heterocycles. The van der Waals surface area contributed by atoms with E-state index in [2.05, 4.69) is 19.9 Å². The molecule has 3 heterocycles. The van der Waals surface area contributed by atoms with Crippen molar-refractivity contribution in [2.45, 2.75) is 13.3 Å². The molecule has 136 valence electrons. The average molecular weight is 393 g/mol. The molecule has 6 nitrogen and oxygen atoms in total. The number of rotatable bonds is 3. The van der Waals surface area contributed by atoms with E-state index in [9.17, 15) is 18.3 Å². The molecule has 0 bridgehead atoms. The molecular weight excluding hydrogens is 382 g/mol. The van der Waals surface area contributed by atoms with Crippen LogP contribution in [0.1, 0.15) is 16.8 Å². The second-order valence-electron chi connectivity index (χ2n) is 5.95. The van der Waals surface area contributed by atoms with Crippen LogP contribution in [0.5, 0.6) is 5.88 Å². The first-order valence-electron chi connectivity index (χ1n) is 7.89. The van der Waals surface area contributed by atoms with Crippen molar-refractivity contribution in [1.29, 1.82) is 0 Å². The summed E-state index contributed by atoms with van der Waals surface area (Å²) in [4.78, 5) is 15.8. The average Bonchev–Trinajstić information content (AvgIpc) is 3.11. The number of benzene rings is 1. The molecule has 0 N–H and O–H groups in total. The van der Waals surface area contributed by atoms with Crippen LogP contribution < -0.4 is 34.7 Å². The number of halogens is 3. The summed E-state index contributed by atoms with van der Waals surface area (Å²) in [5.41, 5.74) is 1.26. The minimum absolute atomic E-state index is 0. The molecule has 1 aromatic carbocycles. The summed E-state index contributed by atoms with van der Waals surface area (Å²) in [7, 11) is 0. The maximum Gasteiger partial charge on any atom is 1.00 e.